The number of allylic oxidation sites excluding steroid dienone is 8. The Labute approximate surface area is 159 Å². The fourth-order valence-electron chi connectivity index (χ4n) is 4.79. The van der Waals surface area contributed by atoms with Gasteiger partial charge in [0.2, 0.25) is 0 Å². The summed E-state index contributed by atoms with van der Waals surface area (Å²) in [7, 11) is 0. The number of hydrogen-bond donors (Lipinski definition) is 0. The molecule has 0 saturated carbocycles. The fraction of sp³-hybridized carbons (Fsp3) is 0.462. The molecule has 1 atom stereocenters. The minimum atomic E-state index is 0.215. The molecular formula is C26H32. The molecule has 0 nitrogen and oxygen atoms in total. The van der Waals surface area contributed by atoms with Crippen LogP contribution in [0.5, 0.6) is 0 Å². The van der Waals surface area contributed by atoms with E-state index in [1.54, 1.807) is 16.7 Å². The lowest BCUT2D eigenvalue weighted by atomic mass is 9.76. The van der Waals surface area contributed by atoms with Gasteiger partial charge < -0.3 is 0 Å². The molecule has 3 aliphatic rings. The van der Waals surface area contributed by atoms with E-state index in [0.717, 1.165) is 0 Å². The van der Waals surface area contributed by atoms with Crippen LogP contribution in [0.15, 0.2) is 70.4 Å². The van der Waals surface area contributed by atoms with Crippen molar-refractivity contribution in [3.8, 4) is 0 Å². The zero-order valence-electron chi connectivity index (χ0n) is 17.0. The van der Waals surface area contributed by atoms with Crippen LogP contribution in [0.1, 0.15) is 77.3 Å². The minimum Gasteiger partial charge on any atom is -0.0625 e. The Bertz CT molecular complexity index is 829. The Balaban J connectivity index is 1.73. The second-order valence-electron chi connectivity index (χ2n) is 9.73. The summed E-state index contributed by atoms with van der Waals surface area (Å²) < 4.78 is 0. The third-order valence-corrected chi connectivity index (χ3v) is 6.06. The Morgan fingerprint density at radius 1 is 0.962 bits per heavy atom. The van der Waals surface area contributed by atoms with Crippen molar-refractivity contribution in [3.05, 3.63) is 81.5 Å². The van der Waals surface area contributed by atoms with E-state index < -0.39 is 0 Å². The van der Waals surface area contributed by atoms with E-state index in [0.29, 0.717) is 11.8 Å². The number of rotatable bonds is 3. The van der Waals surface area contributed by atoms with Crippen molar-refractivity contribution in [2.24, 2.45) is 5.92 Å². The predicted octanol–water partition coefficient (Wildman–Crippen LogP) is 7.40. The van der Waals surface area contributed by atoms with Crippen molar-refractivity contribution in [1.82, 2.24) is 0 Å². The molecule has 0 saturated heterocycles. The average molecular weight is 345 g/mol. The van der Waals surface area contributed by atoms with Crippen LogP contribution in [0, 0.1) is 5.92 Å². The quantitative estimate of drug-likeness (QED) is 0.536. The number of fused-ring (bicyclic) bond motifs is 1. The molecule has 0 radical (unpaired) electrons. The molecule has 0 aliphatic heterocycles. The van der Waals surface area contributed by atoms with Gasteiger partial charge in [-0.1, -0.05) is 82.7 Å². The van der Waals surface area contributed by atoms with Crippen molar-refractivity contribution >= 4 is 0 Å². The highest BCUT2D eigenvalue weighted by atomic mass is 14.4. The van der Waals surface area contributed by atoms with Gasteiger partial charge in [-0.3, -0.25) is 0 Å². The molecule has 3 aliphatic carbocycles. The first-order chi connectivity index (χ1) is 12.3. The molecule has 1 unspecified atom stereocenters. The van der Waals surface area contributed by atoms with Gasteiger partial charge in [0.15, 0.2) is 0 Å². The summed E-state index contributed by atoms with van der Waals surface area (Å²) in [6.07, 6.45) is 12.5. The summed E-state index contributed by atoms with van der Waals surface area (Å²) in [5.41, 5.74) is 10.9. The second kappa shape index (κ2) is 6.41. The third-order valence-electron chi connectivity index (χ3n) is 6.06. The van der Waals surface area contributed by atoms with Gasteiger partial charge in [-0.15, -0.1) is 0 Å². The maximum absolute atomic E-state index is 2.50. The average Bonchev–Trinajstić information content (AvgIpc) is 3.16. The first-order valence-electron chi connectivity index (χ1n) is 10.3. The SMILES string of the molecule is CC(C)CC1=CC2=CC3=C(CCC3)C(c3ccc(C(C)(C)C)cc3)C2=C1. The van der Waals surface area contributed by atoms with Crippen LogP contribution < -0.4 is 0 Å². The third kappa shape index (κ3) is 3.15. The van der Waals surface area contributed by atoms with Crippen molar-refractivity contribution in [1.29, 1.82) is 0 Å². The van der Waals surface area contributed by atoms with Crippen LogP contribution >= 0.6 is 0 Å². The zero-order chi connectivity index (χ0) is 18.5. The van der Waals surface area contributed by atoms with E-state index in [2.05, 4.69) is 77.1 Å². The van der Waals surface area contributed by atoms with Crippen molar-refractivity contribution < 1.29 is 0 Å². The maximum atomic E-state index is 2.50. The van der Waals surface area contributed by atoms with E-state index in [-0.39, 0.29) is 5.41 Å². The minimum absolute atomic E-state index is 0.215. The molecule has 0 spiro atoms. The second-order valence-corrected chi connectivity index (χ2v) is 9.73. The molecule has 0 bridgehead atoms. The van der Waals surface area contributed by atoms with Crippen LogP contribution in [0.25, 0.3) is 0 Å². The number of benzene rings is 1. The van der Waals surface area contributed by atoms with Gasteiger partial charge in [-0.25, -0.2) is 0 Å². The van der Waals surface area contributed by atoms with Gasteiger partial charge in [0.1, 0.15) is 0 Å². The molecule has 1 aromatic rings. The van der Waals surface area contributed by atoms with E-state index in [1.165, 1.54) is 48.0 Å². The van der Waals surface area contributed by atoms with Crippen molar-refractivity contribution in [3.63, 3.8) is 0 Å². The van der Waals surface area contributed by atoms with E-state index in [9.17, 15) is 0 Å². The Kier molecular flexibility index (Phi) is 4.34. The summed E-state index contributed by atoms with van der Waals surface area (Å²) in [5.74, 6) is 1.19. The van der Waals surface area contributed by atoms with Gasteiger partial charge in [-0.05, 0) is 70.4 Å². The summed E-state index contributed by atoms with van der Waals surface area (Å²) in [6.45, 7) is 11.5. The Morgan fingerprint density at radius 3 is 2.35 bits per heavy atom. The summed E-state index contributed by atoms with van der Waals surface area (Å²) in [6, 6.07) is 9.47. The first kappa shape index (κ1) is 17.6. The van der Waals surface area contributed by atoms with Crippen LogP contribution in [-0.2, 0) is 5.41 Å². The lowest BCUT2D eigenvalue weighted by Gasteiger charge is -2.28. The molecule has 0 heteroatoms. The Hall–Kier alpha value is -1.82. The first-order valence-corrected chi connectivity index (χ1v) is 10.3. The standard InChI is InChI=1S/C26H32/c1-17(2)13-18-14-21-16-20-7-6-8-23(20)25(24(21)15-18)19-9-11-22(12-10-19)26(3,4)5/h9-12,14-17,25H,6-8,13H2,1-5H3. The van der Waals surface area contributed by atoms with Crippen LogP contribution in [-0.4, -0.2) is 0 Å². The van der Waals surface area contributed by atoms with Gasteiger partial charge in [0.05, 0.1) is 0 Å². The van der Waals surface area contributed by atoms with Gasteiger partial charge in [0, 0.05) is 5.92 Å². The van der Waals surface area contributed by atoms with E-state index in [4.69, 9.17) is 0 Å². The maximum Gasteiger partial charge on any atom is 0.0310 e. The molecule has 0 heterocycles. The highest BCUT2D eigenvalue weighted by Crippen LogP contribution is 2.50. The lowest BCUT2D eigenvalue weighted by Crippen LogP contribution is -2.13. The molecule has 4 rings (SSSR count). The van der Waals surface area contributed by atoms with Crippen molar-refractivity contribution in [2.45, 2.75) is 71.6 Å². The fourth-order valence-corrected chi connectivity index (χ4v) is 4.79. The van der Waals surface area contributed by atoms with Gasteiger partial charge in [0.25, 0.3) is 0 Å². The molecule has 0 N–H and O–H groups in total. The summed E-state index contributed by atoms with van der Waals surface area (Å²) in [4.78, 5) is 0. The normalized spacial score (nSPS) is 22.2. The smallest absolute Gasteiger partial charge is 0.0310 e. The molecule has 136 valence electrons. The molecule has 26 heavy (non-hydrogen) atoms. The lowest BCUT2D eigenvalue weighted by molar-refractivity contribution is 0.590. The summed E-state index contributed by atoms with van der Waals surface area (Å²) in [5, 5.41) is 0. The topological polar surface area (TPSA) is 0 Å². The highest BCUT2D eigenvalue weighted by molar-refractivity contribution is 5.66. The van der Waals surface area contributed by atoms with Crippen LogP contribution in [0.3, 0.4) is 0 Å². The van der Waals surface area contributed by atoms with Gasteiger partial charge >= 0.3 is 0 Å². The van der Waals surface area contributed by atoms with Crippen LogP contribution in [0.2, 0.25) is 0 Å². The molecule has 0 amide bonds. The highest BCUT2D eigenvalue weighted by Gasteiger charge is 2.33. The molecule has 0 fully saturated rings. The van der Waals surface area contributed by atoms with Gasteiger partial charge in [-0.2, -0.15) is 0 Å². The number of hydrogen-bond acceptors (Lipinski definition) is 0. The largest absolute Gasteiger partial charge is 0.0625 e. The van der Waals surface area contributed by atoms with E-state index >= 15 is 0 Å². The summed E-state index contributed by atoms with van der Waals surface area (Å²) >= 11 is 0. The molecule has 1 aromatic carbocycles. The van der Waals surface area contributed by atoms with E-state index in [1.807, 2.05) is 0 Å². The van der Waals surface area contributed by atoms with Crippen molar-refractivity contribution in [2.75, 3.05) is 0 Å². The Morgan fingerprint density at radius 2 is 1.69 bits per heavy atom. The predicted molar refractivity (Wildman–Crippen MR) is 112 cm³/mol. The van der Waals surface area contributed by atoms with Crippen LogP contribution in [0.4, 0.5) is 0 Å². The molecule has 0 aromatic heterocycles. The monoisotopic (exact) mass is 344 g/mol. The molecular weight excluding hydrogens is 312 g/mol. The zero-order valence-corrected chi connectivity index (χ0v) is 17.0.